The van der Waals surface area contributed by atoms with E-state index >= 15 is 0 Å². The summed E-state index contributed by atoms with van der Waals surface area (Å²) in [4.78, 5) is 4.78. The van der Waals surface area contributed by atoms with Crippen LogP contribution in [0.5, 0.6) is 0 Å². The smallest absolute Gasteiger partial charge is 0.0588 e. The second kappa shape index (κ2) is 10.4. The van der Waals surface area contributed by atoms with Gasteiger partial charge in [-0.05, 0) is 68.5 Å². The zero-order valence-electron chi connectivity index (χ0n) is 25.0. The van der Waals surface area contributed by atoms with E-state index in [-0.39, 0.29) is 25.5 Å². The molecule has 8 aromatic rings. The average molecular weight is 754 g/mol. The molecule has 0 N–H and O–H groups in total. The van der Waals surface area contributed by atoms with Gasteiger partial charge in [-0.3, -0.25) is 0 Å². The van der Waals surface area contributed by atoms with Crippen molar-refractivity contribution < 1.29 is 20.1 Å². The Morgan fingerprint density at radius 1 is 0.644 bits per heavy atom. The third-order valence-corrected chi connectivity index (χ3v) is 9.52. The third-order valence-electron chi connectivity index (χ3n) is 9.52. The van der Waals surface area contributed by atoms with Crippen molar-refractivity contribution >= 4 is 32.6 Å². The summed E-state index contributed by atoms with van der Waals surface area (Å²) in [6.07, 6.45) is 1.89. The number of rotatable bonds is 3. The monoisotopic (exact) mass is 754 g/mol. The molecule has 2 nitrogen and oxygen atoms in total. The molecule has 0 fully saturated rings. The van der Waals surface area contributed by atoms with Crippen LogP contribution in [0.25, 0.3) is 71.8 Å². The standard InChI is InChI=1S/C42H29N2.Ir/c1-42(2)36-26-30(29-14-10-15-31(25-29)40-33-16-7-6-13-28(33)23-24-43-40)19-22-38(36)44-37-18-9-8-17-34(37)35-21-20-32(39(42)41(35)44)27-11-4-3-5-12-27;/h3-14,16-26H,1-2H3;/q-1;. The normalized spacial score (nSPS) is 13.1. The molecule has 217 valence electrons. The van der Waals surface area contributed by atoms with Gasteiger partial charge in [0.2, 0.25) is 0 Å². The predicted octanol–water partition coefficient (Wildman–Crippen LogP) is 10.8. The van der Waals surface area contributed by atoms with Crippen molar-refractivity contribution in [1.82, 2.24) is 9.55 Å². The Morgan fingerprint density at radius 2 is 1.40 bits per heavy atom. The van der Waals surface area contributed by atoms with Crippen molar-refractivity contribution in [2.45, 2.75) is 19.3 Å². The summed E-state index contributed by atoms with van der Waals surface area (Å²) in [6.45, 7) is 4.78. The summed E-state index contributed by atoms with van der Waals surface area (Å²) in [5.74, 6) is 0. The summed E-state index contributed by atoms with van der Waals surface area (Å²) >= 11 is 0. The Bertz CT molecular complexity index is 2410. The molecule has 1 aliphatic heterocycles. The molecule has 0 saturated heterocycles. The molecule has 0 bridgehead atoms. The van der Waals surface area contributed by atoms with Crippen molar-refractivity contribution in [3.63, 3.8) is 0 Å². The van der Waals surface area contributed by atoms with Gasteiger partial charge in [0.1, 0.15) is 0 Å². The van der Waals surface area contributed by atoms with E-state index in [1.807, 2.05) is 12.3 Å². The summed E-state index contributed by atoms with van der Waals surface area (Å²) in [7, 11) is 0. The molecule has 1 radical (unpaired) electrons. The van der Waals surface area contributed by atoms with Gasteiger partial charge in [0.15, 0.2) is 0 Å². The maximum Gasteiger partial charge on any atom is 0.0588 e. The van der Waals surface area contributed by atoms with Crippen LogP contribution in [0.15, 0.2) is 140 Å². The van der Waals surface area contributed by atoms with Crippen LogP contribution in [0.1, 0.15) is 25.0 Å². The maximum atomic E-state index is 4.78. The number of benzene rings is 6. The van der Waals surface area contributed by atoms with Crippen molar-refractivity contribution in [3.05, 3.63) is 157 Å². The molecule has 0 unspecified atom stereocenters. The summed E-state index contributed by atoms with van der Waals surface area (Å²) in [6, 6.07) is 51.7. The fourth-order valence-electron chi connectivity index (χ4n) is 7.46. The molecule has 45 heavy (non-hydrogen) atoms. The molecule has 0 amide bonds. The molecular formula is C42H29IrN2-. The quantitative estimate of drug-likeness (QED) is 0.164. The molecule has 3 heteroatoms. The second-order valence-electron chi connectivity index (χ2n) is 12.3. The number of nitrogens with zero attached hydrogens (tertiary/aromatic N) is 2. The zero-order chi connectivity index (χ0) is 29.4. The minimum absolute atomic E-state index is 0. The van der Waals surface area contributed by atoms with E-state index in [0.29, 0.717) is 0 Å². The van der Waals surface area contributed by atoms with Gasteiger partial charge in [0.25, 0.3) is 0 Å². The minimum Gasteiger partial charge on any atom is -0.309 e. The molecule has 0 atom stereocenters. The van der Waals surface area contributed by atoms with Gasteiger partial charge < -0.3 is 9.55 Å². The number of hydrogen-bond acceptors (Lipinski definition) is 1. The SMILES string of the molecule is CC1(C)c2cc(-c3cc[c-]c(-c4nccc5ccccc45)c3)ccc2-n2c3ccccc3c3ccc(-c4ccccc4)c1c32.[Ir]. The van der Waals surface area contributed by atoms with Crippen LogP contribution >= 0.6 is 0 Å². The Balaban J connectivity index is 0.00000300. The van der Waals surface area contributed by atoms with Gasteiger partial charge in [-0.15, -0.1) is 35.4 Å². The van der Waals surface area contributed by atoms with Gasteiger partial charge in [-0.1, -0.05) is 105 Å². The van der Waals surface area contributed by atoms with Crippen molar-refractivity contribution in [2.75, 3.05) is 0 Å². The molecule has 2 aromatic heterocycles. The number of hydrogen-bond donors (Lipinski definition) is 0. The Kier molecular flexibility index (Phi) is 6.39. The van der Waals surface area contributed by atoms with E-state index in [1.165, 1.54) is 60.7 Å². The second-order valence-corrected chi connectivity index (χ2v) is 12.3. The maximum absolute atomic E-state index is 4.78. The first-order valence-electron chi connectivity index (χ1n) is 15.2. The molecule has 6 aromatic carbocycles. The number of fused-ring (bicyclic) bond motifs is 6. The number of pyridine rings is 1. The molecule has 9 rings (SSSR count). The van der Waals surface area contributed by atoms with Crippen LogP contribution in [0.2, 0.25) is 0 Å². The van der Waals surface area contributed by atoms with Gasteiger partial charge in [0, 0.05) is 42.5 Å². The Hall–Kier alpha value is -4.82. The fourth-order valence-corrected chi connectivity index (χ4v) is 7.46. The molecule has 0 saturated carbocycles. The zero-order valence-corrected chi connectivity index (χ0v) is 27.4. The molecule has 3 heterocycles. The van der Waals surface area contributed by atoms with Crippen molar-refractivity contribution in [2.24, 2.45) is 0 Å². The number of para-hydroxylation sites is 1. The van der Waals surface area contributed by atoms with E-state index in [2.05, 4.69) is 152 Å². The summed E-state index contributed by atoms with van der Waals surface area (Å²) in [5.41, 5.74) is 13.2. The fraction of sp³-hybridized carbons (Fsp3) is 0.0714. The van der Waals surface area contributed by atoms with Crippen LogP contribution in [0.3, 0.4) is 0 Å². The predicted molar refractivity (Wildman–Crippen MR) is 183 cm³/mol. The van der Waals surface area contributed by atoms with E-state index < -0.39 is 0 Å². The molecule has 0 aliphatic carbocycles. The van der Waals surface area contributed by atoms with Crippen molar-refractivity contribution in [3.8, 4) is 39.2 Å². The Morgan fingerprint density at radius 3 is 2.27 bits per heavy atom. The van der Waals surface area contributed by atoms with Crippen LogP contribution < -0.4 is 0 Å². The van der Waals surface area contributed by atoms with Crippen molar-refractivity contribution in [1.29, 1.82) is 0 Å². The minimum atomic E-state index is -0.235. The largest absolute Gasteiger partial charge is 0.309 e. The van der Waals surface area contributed by atoms with E-state index in [0.717, 1.165) is 22.2 Å². The van der Waals surface area contributed by atoms with Gasteiger partial charge in [0.05, 0.1) is 16.7 Å². The number of aromatic nitrogens is 2. The van der Waals surface area contributed by atoms with Gasteiger partial charge >= 0.3 is 0 Å². The van der Waals surface area contributed by atoms with Gasteiger partial charge in [-0.25, -0.2) is 0 Å². The van der Waals surface area contributed by atoms with Gasteiger partial charge in [-0.2, -0.15) is 0 Å². The van der Waals surface area contributed by atoms with Crippen LogP contribution in [-0.4, -0.2) is 9.55 Å². The average Bonchev–Trinajstić information content (AvgIpc) is 3.42. The van der Waals surface area contributed by atoms with E-state index in [9.17, 15) is 0 Å². The Labute approximate surface area is 276 Å². The molecule has 1 aliphatic rings. The topological polar surface area (TPSA) is 17.8 Å². The van der Waals surface area contributed by atoms with Crippen LogP contribution in [-0.2, 0) is 25.5 Å². The van der Waals surface area contributed by atoms with Crippen LogP contribution in [0, 0.1) is 6.07 Å². The van der Waals surface area contributed by atoms with E-state index in [4.69, 9.17) is 4.98 Å². The first-order chi connectivity index (χ1) is 21.6. The van der Waals surface area contributed by atoms with Crippen LogP contribution in [0.4, 0.5) is 0 Å². The first-order valence-corrected chi connectivity index (χ1v) is 15.2. The molecular weight excluding hydrogens is 725 g/mol. The third kappa shape index (κ3) is 4.08. The van der Waals surface area contributed by atoms with E-state index in [1.54, 1.807) is 0 Å². The first kappa shape index (κ1) is 27.7. The summed E-state index contributed by atoms with van der Waals surface area (Å²) in [5, 5.41) is 4.93. The molecule has 0 spiro atoms. The summed E-state index contributed by atoms with van der Waals surface area (Å²) < 4.78 is 2.50.